The van der Waals surface area contributed by atoms with Crippen molar-refractivity contribution in [2.24, 2.45) is 0 Å². The molecular formula is C13H14N2O2S. The van der Waals surface area contributed by atoms with E-state index in [0.29, 0.717) is 6.04 Å². The molecule has 1 aliphatic carbocycles. The van der Waals surface area contributed by atoms with Crippen LogP contribution in [0.5, 0.6) is 11.5 Å². The average molecular weight is 262 g/mol. The highest BCUT2D eigenvalue weighted by molar-refractivity contribution is 7.15. The fourth-order valence-electron chi connectivity index (χ4n) is 1.71. The third-order valence-electron chi connectivity index (χ3n) is 2.92. The monoisotopic (exact) mass is 262 g/mol. The summed E-state index contributed by atoms with van der Waals surface area (Å²) in [6.07, 6.45) is 4.41. The van der Waals surface area contributed by atoms with E-state index in [1.54, 1.807) is 17.4 Å². The number of aromatic hydroxyl groups is 2. The molecule has 1 aromatic carbocycles. The Morgan fingerprint density at radius 3 is 2.83 bits per heavy atom. The highest BCUT2D eigenvalue weighted by Crippen LogP contribution is 2.32. The highest BCUT2D eigenvalue weighted by Gasteiger charge is 2.20. The van der Waals surface area contributed by atoms with Gasteiger partial charge in [0.25, 0.3) is 0 Å². The molecule has 4 nitrogen and oxygen atoms in total. The van der Waals surface area contributed by atoms with Gasteiger partial charge in [-0.1, -0.05) is 0 Å². The molecule has 94 valence electrons. The van der Waals surface area contributed by atoms with E-state index in [1.165, 1.54) is 29.9 Å². The Morgan fingerprint density at radius 2 is 2.11 bits per heavy atom. The molecule has 5 heteroatoms. The van der Waals surface area contributed by atoms with Gasteiger partial charge in [0.15, 0.2) is 11.5 Å². The van der Waals surface area contributed by atoms with E-state index in [9.17, 15) is 10.2 Å². The number of aromatic nitrogens is 1. The van der Waals surface area contributed by atoms with Gasteiger partial charge in [-0.15, -0.1) is 11.3 Å². The number of hydrogen-bond donors (Lipinski definition) is 3. The molecule has 0 spiro atoms. The first-order chi connectivity index (χ1) is 8.72. The molecule has 0 atom stereocenters. The predicted molar refractivity (Wildman–Crippen MR) is 70.7 cm³/mol. The van der Waals surface area contributed by atoms with Crippen molar-refractivity contribution < 1.29 is 10.2 Å². The van der Waals surface area contributed by atoms with Crippen LogP contribution in [0.25, 0.3) is 10.6 Å². The van der Waals surface area contributed by atoms with Crippen LogP contribution in [0.1, 0.15) is 17.7 Å². The first-order valence-electron chi connectivity index (χ1n) is 5.93. The minimum atomic E-state index is -0.111. The van der Waals surface area contributed by atoms with Crippen LogP contribution in [0, 0.1) is 0 Å². The molecule has 3 N–H and O–H groups in total. The molecule has 0 bridgehead atoms. The lowest BCUT2D eigenvalue weighted by Crippen LogP contribution is -2.14. The van der Waals surface area contributed by atoms with Gasteiger partial charge in [0.2, 0.25) is 0 Å². The van der Waals surface area contributed by atoms with Crippen LogP contribution in [0.4, 0.5) is 0 Å². The van der Waals surface area contributed by atoms with Crippen LogP contribution in [-0.2, 0) is 6.54 Å². The fourth-order valence-corrected chi connectivity index (χ4v) is 2.57. The molecule has 0 aliphatic heterocycles. The first-order valence-corrected chi connectivity index (χ1v) is 6.74. The van der Waals surface area contributed by atoms with Crippen LogP contribution >= 0.6 is 11.3 Å². The largest absolute Gasteiger partial charge is 0.504 e. The fraction of sp³-hybridized carbons (Fsp3) is 0.308. The second kappa shape index (κ2) is 4.59. The van der Waals surface area contributed by atoms with Gasteiger partial charge in [0.1, 0.15) is 5.01 Å². The van der Waals surface area contributed by atoms with E-state index in [-0.39, 0.29) is 11.5 Å². The van der Waals surface area contributed by atoms with E-state index in [2.05, 4.69) is 10.3 Å². The zero-order valence-corrected chi connectivity index (χ0v) is 10.6. The smallest absolute Gasteiger partial charge is 0.158 e. The summed E-state index contributed by atoms with van der Waals surface area (Å²) in [5.74, 6) is -0.216. The summed E-state index contributed by atoms with van der Waals surface area (Å²) in [6.45, 7) is 0.854. The second-order valence-electron chi connectivity index (χ2n) is 4.49. The topological polar surface area (TPSA) is 65.4 Å². The summed E-state index contributed by atoms with van der Waals surface area (Å²) in [4.78, 5) is 5.53. The van der Waals surface area contributed by atoms with Gasteiger partial charge in [-0.3, -0.25) is 0 Å². The number of hydrogen-bond acceptors (Lipinski definition) is 5. The number of phenols is 2. The Balaban J connectivity index is 1.76. The molecule has 1 heterocycles. The van der Waals surface area contributed by atoms with Crippen molar-refractivity contribution in [2.45, 2.75) is 25.4 Å². The third-order valence-corrected chi connectivity index (χ3v) is 3.96. The normalized spacial score (nSPS) is 14.9. The minimum absolute atomic E-state index is 0.106. The van der Waals surface area contributed by atoms with Gasteiger partial charge in [0.05, 0.1) is 0 Å². The second-order valence-corrected chi connectivity index (χ2v) is 5.61. The van der Waals surface area contributed by atoms with Gasteiger partial charge in [0, 0.05) is 29.2 Å². The van der Waals surface area contributed by atoms with Gasteiger partial charge in [-0.2, -0.15) is 0 Å². The molecule has 1 aliphatic rings. The van der Waals surface area contributed by atoms with Crippen LogP contribution in [0.2, 0.25) is 0 Å². The van der Waals surface area contributed by atoms with Crippen molar-refractivity contribution in [1.29, 1.82) is 0 Å². The molecule has 1 aromatic heterocycles. The van der Waals surface area contributed by atoms with Crippen LogP contribution in [0.3, 0.4) is 0 Å². The number of nitrogens with zero attached hydrogens (tertiary/aromatic N) is 1. The average Bonchev–Trinajstić information content (AvgIpc) is 3.08. The number of rotatable bonds is 4. The maximum atomic E-state index is 9.47. The lowest BCUT2D eigenvalue weighted by molar-refractivity contribution is 0.404. The third kappa shape index (κ3) is 2.47. The van der Waals surface area contributed by atoms with Crippen LogP contribution in [-0.4, -0.2) is 21.2 Å². The first kappa shape index (κ1) is 11.5. The highest BCUT2D eigenvalue weighted by atomic mass is 32.1. The van der Waals surface area contributed by atoms with Crippen LogP contribution < -0.4 is 5.32 Å². The molecule has 3 rings (SSSR count). The lowest BCUT2D eigenvalue weighted by atomic mass is 10.2. The van der Waals surface area contributed by atoms with Crippen molar-refractivity contribution in [3.05, 3.63) is 29.3 Å². The van der Waals surface area contributed by atoms with E-state index in [0.717, 1.165) is 17.1 Å². The van der Waals surface area contributed by atoms with Gasteiger partial charge < -0.3 is 15.5 Å². The Bertz CT molecular complexity index is 564. The van der Waals surface area contributed by atoms with Crippen molar-refractivity contribution in [3.8, 4) is 22.1 Å². The zero-order valence-electron chi connectivity index (χ0n) is 9.76. The predicted octanol–water partition coefficient (Wildman–Crippen LogP) is 2.47. The number of nitrogens with one attached hydrogen (secondary N) is 1. The van der Waals surface area contributed by atoms with Crippen molar-refractivity contribution in [3.63, 3.8) is 0 Å². The quantitative estimate of drug-likeness (QED) is 0.741. The minimum Gasteiger partial charge on any atom is -0.504 e. The van der Waals surface area contributed by atoms with Crippen molar-refractivity contribution in [2.75, 3.05) is 0 Å². The maximum absolute atomic E-state index is 9.47. The molecule has 2 aromatic rings. The van der Waals surface area contributed by atoms with Crippen LogP contribution in [0.15, 0.2) is 24.4 Å². The molecule has 18 heavy (non-hydrogen) atoms. The van der Waals surface area contributed by atoms with E-state index >= 15 is 0 Å². The molecule has 0 radical (unpaired) electrons. The van der Waals surface area contributed by atoms with Gasteiger partial charge >= 0.3 is 0 Å². The molecular weight excluding hydrogens is 248 g/mol. The molecule has 1 fully saturated rings. The Labute approximate surface area is 109 Å². The lowest BCUT2D eigenvalue weighted by Gasteiger charge is -2.00. The molecule has 0 saturated heterocycles. The number of thiazole rings is 1. The number of phenolic OH excluding ortho intramolecular Hbond substituents is 2. The summed E-state index contributed by atoms with van der Waals surface area (Å²) in [5.41, 5.74) is 0.827. The SMILES string of the molecule is Oc1ccc(-c2ncc(CNC3CC3)s2)cc1O. The standard InChI is InChI=1S/C13H14N2O2S/c16-11-4-1-8(5-12(11)17)13-15-7-10(18-13)6-14-9-2-3-9/h1,4-5,7,9,14,16-17H,2-3,6H2. The summed E-state index contributed by atoms with van der Waals surface area (Å²) in [7, 11) is 0. The maximum Gasteiger partial charge on any atom is 0.158 e. The van der Waals surface area contributed by atoms with E-state index < -0.39 is 0 Å². The molecule has 0 unspecified atom stereocenters. The summed E-state index contributed by atoms with van der Waals surface area (Å²) in [6, 6.07) is 5.46. The Hall–Kier alpha value is -1.59. The summed E-state index contributed by atoms with van der Waals surface area (Å²) >= 11 is 1.60. The molecule has 1 saturated carbocycles. The van der Waals surface area contributed by atoms with E-state index in [4.69, 9.17) is 0 Å². The Kier molecular flexibility index (Phi) is 2.93. The van der Waals surface area contributed by atoms with Crippen molar-refractivity contribution >= 4 is 11.3 Å². The Morgan fingerprint density at radius 1 is 1.28 bits per heavy atom. The number of benzene rings is 1. The van der Waals surface area contributed by atoms with E-state index in [1.807, 2.05) is 6.20 Å². The van der Waals surface area contributed by atoms with Gasteiger partial charge in [-0.25, -0.2) is 4.98 Å². The summed E-state index contributed by atoms with van der Waals surface area (Å²) < 4.78 is 0. The van der Waals surface area contributed by atoms with Gasteiger partial charge in [-0.05, 0) is 31.0 Å². The summed E-state index contributed by atoms with van der Waals surface area (Å²) in [5, 5.41) is 23.0. The zero-order chi connectivity index (χ0) is 12.5. The van der Waals surface area contributed by atoms with Crippen molar-refractivity contribution in [1.82, 2.24) is 10.3 Å². The molecule has 0 amide bonds.